The Kier molecular flexibility index (Phi) is 7.79. The van der Waals surface area contributed by atoms with E-state index < -0.39 is 17.9 Å². The fraction of sp³-hybridized carbons (Fsp3) is 0.706. The first kappa shape index (κ1) is 18.9. The predicted molar refractivity (Wildman–Crippen MR) is 84.2 cm³/mol. The summed E-state index contributed by atoms with van der Waals surface area (Å²) in [5, 5.41) is 8.86. The van der Waals surface area contributed by atoms with Crippen molar-refractivity contribution in [3.8, 4) is 0 Å². The molecular weight excluding hydrogens is 284 g/mol. The fourth-order valence-corrected chi connectivity index (χ4v) is 2.53. The van der Waals surface area contributed by atoms with Crippen molar-refractivity contribution in [1.29, 1.82) is 0 Å². The SMILES string of the molecule is C/C=C(C)/C=C/CCC[C@@]1(OC)C[C@H](C)[C@@H](CC(=O)O)OO1. The van der Waals surface area contributed by atoms with Crippen molar-refractivity contribution >= 4 is 5.97 Å². The Morgan fingerprint density at radius 1 is 1.50 bits per heavy atom. The second kappa shape index (κ2) is 9.08. The van der Waals surface area contributed by atoms with Crippen molar-refractivity contribution in [3.63, 3.8) is 0 Å². The summed E-state index contributed by atoms with van der Waals surface area (Å²) in [7, 11) is 1.60. The molecule has 1 saturated heterocycles. The molecule has 1 heterocycles. The molecular formula is C17H28O5. The van der Waals surface area contributed by atoms with Gasteiger partial charge in [0.2, 0.25) is 5.79 Å². The van der Waals surface area contributed by atoms with Gasteiger partial charge < -0.3 is 9.84 Å². The van der Waals surface area contributed by atoms with E-state index in [1.54, 1.807) is 7.11 Å². The highest BCUT2D eigenvalue weighted by atomic mass is 17.2. The number of ether oxygens (including phenoxy) is 1. The predicted octanol–water partition coefficient (Wildman–Crippen LogP) is 3.85. The molecule has 0 aromatic carbocycles. The third kappa shape index (κ3) is 5.91. The smallest absolute Gasteiger partial charge is 0.306 e. The number of methoxy groups -OCH3 is 1. The number of carboxylic acids is 1. The molecule has 0 bridgehead atoms. The van der Waals surface area contributed by atoms with Crippen molar-refractivity contribution in [1.82, 2.24) is 0 Å². The van der Waals surface area contributed by atoms with Crippen LogP contribution < -0.4 is 0 Å². The van der Waals surface area contributed by atoms with Crippen LogP contribution in [0.5, 0.6) is 0 Å². The first-order valence-electron chi connectivity index (χ1n) is 7.83. The number of hydrogen-bond donors (Lipinski definition) is 1. The van der Waals surface area contributed by atoms with E-state index in [0.717, 1.165) is 12.8 Å². The first-order chi connectivity index (χ1) is 10.4. The van der Waals surface area contributed by atoms with Gasteiger partial charge in [0, 0.05) is 20.0 Å². The standard InChI is InChI=1S/C17H28O5/c1-5-13(2)9-7-6-8-10-17(20-4)12-14(3)15(21-22-17)11-16(18)19/h5,7,9,14-15H,6,8,10-12H2,1-4H3,(H,18,19)/b9-7+,13-5+/t14-,15+,17-/m0/s1. The summed E-state index contributed by atoms with van der Waals surface area (Å²) < 4.78 is 5.52. The number of carboxylic acid groups (broad SMARTS) is 1. The van der Waals surface area contributed by atoms with Crippen LogP contribution >= 0.6 is 0 Å². The van der Waals surface area contributed by atoms with Gasteiger partial charge in [-0.3, -0.25) is 4.79 Å². The molecule has 0 aromatic rings. The van der Waals surface area contributed by atoms with E-state index >= 15 is 0 Å². The number of carbonyl (C=O) groups is 1. The van der Waals surface area contributed by atoms with Crippen molar-refractivity contribution in [2.45, 2.75) is 64.8 Å². The third-order valence-electron chi connectivity index (χ3n) is 4.10. The number of rotatable bonds is 8. The minimum absolute atomic E-state index is 0.0493. The van der Waals surface area contributed by atoms with E-state index in [0.29, 0.717) is 12.8 Å². The molecule has 0 radical (unpaired) electrons. The van der Waals surface area contributed by atoms with Crippen LogP contribution in [0.1, 0.15) is 52.9 Å². The van der Waals surface area contributed by atoms with Gasteiger partial charge in [-0.1, -0.05) is 30.7 Å². The second-order valence-corrected chi connectivity index (χ2v) is 5.94. The Labute approximate surface area is 132 Å². The molecule has 1 aliphatic rings. The molecule has 5 nitrogen and oxygen atoms in total. The van der Waals surface area contributed by atoms with Gasteiger partial charge in [0.1, 0.15) is 6.10 Å². The van der Waals surface area contributed by atoms with Crippen LogP contribution in [0.25, 0.3) is 0 Å². The number of unbranched alkanes of at least 4 members (excludes halogenated alkanes) is 1. The topological polar surface area (TPSA) is 65.0 Å². The van der Waals surface area contributed by atoms with E-state index in [1.165, 1.54) is 5.57 Å². The molecule has 3 atom stereocenters. The molecule has 0 unspecified atom stereocenters. The van der Waals surface area contributed by atoms with Gasteiger partial charge in [0.15, 0.2) is 0 Å². The van der Waals surface area contributed by atoms with Gasteiger partial charge >= 0.3 is 5.97 Å². The summed E-state index contributed by atoms with van der Waals surface area (Å²) in [4.78, 5) is 21.5. The Morgan fingerprint density at radius 2 is 2.23 bits per heavy atom. The normalized spacial score (nSPS) is 29.9. The zero-order valence-corrected chi connectivity index (χ0v) is 14.0. The molecule has 5 heteroatoms. The van der Waals surface area contributed by atoms with Gasteiger partial charge in [-0.05, 0) is 32.6 Å². The largest absolute Gasteiger partial charge is 0.481 e. The minimum atomic E-state index is -0.880. The lowest BCUT2D eigenvalue weighted by Gasteiger charge is -2.40. The van der Waals surface area contributed by atoms with Crippen molar-refractivity contribution in [2.24, 2.45) is 5.92 Å². The van der Waals surface area contributed by atoms with Crippen LogP contribution in [0.3, 0.4) is 0 Å². The highest BCUT2D eigenvalue weighted by molar-refractivity contribution is 5.67. The summed E-state index contributed by atoms with van der Waals surface area (Å²) in [6.45, 7) is 6.05. The highest BCUT2D eigenvalue weighted by Gasteiger charge is 2.42. The molecule has 1 fully saturated rings. The molecule has 1 N–H and O–H groups in total. The van der Waals surface area contributed by atoms with Gasteiger partial charge in [-0.25, -0.2) is 9.78 Å². The molecule has 1 rings (SSSR count). The Morgan fingerprint density at radius 3 is 2.77 bits per heavy atom. The maximum absolute atomic E-state index is 10.8. The zero-order chi connectivity index (χ0) is 16.6. The van der Waals surface area contributed by atoms with E-state index in [-0.39, 0.29) is 12.3 Å². The van der Waals surface area contributed by atoms with Gasteiger partial charge in [0.05, 0.1) is 6.42 Å². The van der Waals surface area contributed by atoms with Crippen molar-refractivity contribution in [3.05, 3.63) is 23.8 Å². The Hall–Kier alpha value is -1.17. The summed E-state index contributed by atoms with van der Waals surface area (Å²) in [6, 6.07) is 0. The summed E-state index contributed by atoms with van der Waals surface area (Å²) in [6.07, 6.45) is 9.04. The van der Waals surface area contributed by atoms with E-state index in [4.69, 9.17) is 19.6 Å². The lowest BCUT2D eigenvalue weighted by molar-refractivity contribution is -0.475. The maximum Gasteiger partial charge on any atom is 0.306 e. The van der Waals surface area contributed by atoms with Gasteiger partial charge in [0.25, 0.3) is 0 Å². The molecule has 0 amide bonds. The molecule has 1 aliphatic heterocycles. The lowest BCUT2D eigenvalue weighted by atomic mass is 9.90. The lowest BCUT2D eigenvalue weighted by Crippen LogP contribution is -2.46. The van der Waals surface area contributed by atoms with Crippen LogP contribution in [-0.4, -0.2) is 30.1 Å². The van der Waals surface area contributed by atoms with Gasteiger partial charge in [-0.15, -0.1) is 0 Å². The molecule has 0 aromatic heterocycles. The monoisotopic (exact) mass is 312 g/mol. The van der Waals surface area contributed by atoms with E-state index in [9.17, 15) is 4.79 Å². The second-order valence-electron chi connectivity index (χ2n) is 5.94. The summed E-state index contributed by atoms with van der Waals surface area (Å²) in [5.74, 6) is -1.57. The summed E-state index contributed by atoms with van der Waals surface area (Å²) >= 11 is 0. The third-order valence-corrected chi connectivity index (χ3v) is 4.10. The first-order valence-corrected chi connectivity index (χ1v) is 7.83. The average Bonchev–Trinajstić information content (AvgIpc) is 2.49. The van der Waals surface area contributed by atoms with Crippen LogP contribution in [0.4, 0.5) is 0 Å². The van der Waals surface area contributed by atoms with Crippen molar-refractivity contribution < 1.29 is 24.4 Å². The van der Waals surface area contributed by atoms with E-state index in [1.807, 2.05) is 13.8 Å². The highest BCUT2D eigenvalue weighted by Crippen LogP contribution is 2.36. The number of aliphatic carboxylic acids is 1. The molecule has 22 heavy (non-hydrogen) atoms. The molecule has 126 valence electrons. The van der Waals surface area contributed by atoms with Crippen LogP contribution in [0.15, 0.2) is 23.8 Å². The van der Waals surface area contributed by atoms with E-state index in [2.05, 4.69) is 25.2 Å². The average molecular weight is 312 g/mol. The van der Waals surface area contributed by atoms with Crippen LogP contribution in [-0.2, 0) is 19.3 Å². The van der Waals surface area contributed by atoms with Crippen LogP contribution in [0, 0.1) is 5.92 Å². The quantitative estimate of drug-likeness (QED) is 0.419. The van der Waals surface area contributed by atoms with Gasteiger partial charge in [-0.2, -0.15) is 0 Å². The Balaban J connectivity index is 2.46. The van der Waals surface area contributed by atoms with Crippen LogP contribution in [0.2, 0.25) is 0 Å². The zero-order valence-electron chi connectivity index (χ0n) is 14.0. The van der Waals surface area contributed by atoms with Crippen molar-refractivity contribution in [2.75, 3.05) is 7.11 Å². The fourth-order valence-electron chi connectivity index (χ4n) is 2.53. The molecule has 0 saturated carbocycles. The number of allylic oxidation sites excluding steroid dienone is 4. The number of hydrogen-bond acceptors (Lipinski definition) is 4. The molecule has 0 aliphatic carbocycles. The Bertz CT molecular complexity index is 415. The maximum atomic E-state index is 10.8. The summed E-state index contributed by atoms with van der Waals surface area (Å²) in [5.41, 5.74) is 1.24. The minimum Gasteiger partial charge on any atom is -0.481 e. The molecule has 0 spiro atoms.